The Balaban J connectivity index is 0.634. The molecule has 3 aromatic carbocycles. The van der Waals surface area contributed by atoms with E-state index in [9.17, 15) is 19.8 Å². The van der Waals surface area contributed by atoms with Gasteiger partial charge in [0, 0.05) is 88.8 Å². The first-order chi connectivity index (χ1) is 39.7. The summed E-state index contributed by atoms with van der Waals surface area (Å²) < 4.78 is 31.3. The molecule has 5 fully saturated rings. The monoisotopic (exact) mass is 1120 g/mol. The molecule has 4 aromatic heterocycles. The van der Waals surface area contributed by atoms with Gasteiger partial charge in [-0.2, -0.15) is 15.1 Å². The summed E-state index contributed by atoms with van der Waals surface area (Å²) >= 11 is 0. The van der Waals surface area contributed by atoms with Crippen molar-refractivity contribution in [3.05, 3.63) is 102 Å². The molecular formula is C63H77FN12O6. The molecule has 432 valence electrons. The first-order valence-corrected chi connectivity index (χ1v) is 29.8. The molecule has 5 aliphatic heterocycles. The van der Waals surface area contributed by atoms with Crippen LogP contribution in [0.15, 0.2) is 83.6 Å². The zero-order chi connectivity index (χ0) is 56.8. The van der Waals surface area contributed by atoms with Gasteiger partial charge in [-0.15, -0.1) is 0 Å². The van der Waals surface area contributed by atoms with Crippen LogP contribution < -0.4 is 25.2 Å². The number of hydrogen-bond donors (Lipinski definition) is 4. The number of aryl methyl sites for hydroxylation is 2. The van der Waals surface area contributed by atoms with Gasteiger partial charge in [-0.3, -0.25) is 24.2 Å². The first kappa shape index (κ1) is 55.3. The van der Waals surface area contributed by atoms with Crippen LogP contribution in [-0.2, 0) is 23.1 Å². The van der Waals surface area contributed by atoms with Crippen LogP contribution in [0.2, 0.25) is 0 Å². The Morgan fingerprint density at radius 1 is 0.902 bits per heavy atom. The SMILES string of the molecule is CCc1cccc2cc(O)cc(-c3ncc4c(N5CC6CCC(C5)N6)nc(OCCN5CCC(CC6CCN(c7cc([C@H](C(=O)N8C[C@H](O)C[C@H]8C(=O)N[C@@H](C)c8ccc(-c9ccnn9C)cc8)C(C)C)on7)CC6)CC5)nc4c3F)c12. The van der Waals surface area contributed by atoms with Crippen LogP contribution >= 0.6 is 0 Å². The Labute approximate surface area is 478 Å². The number of benzene rings is 3. The number of aliphatic hydroxyl groups excluding tert-OH is 1. The molecule has 18 nitrogen and oxygen atoms in total. The number of halogens is 1. The number of phenols is 1. The van der Waals surface area contributed by atoms with Crippen molar-refractivity contribution in [3.8, 4) is 34.3 Å². The molecule has 82 heavy (non-hydrogen) atoms. The second kappa shape index (κ2) is 23.6. The first-order valence-electron chi connectivity index (χ1n) is 29.8. The lowest BCUT2D eigenvalue weighted by Crippen LogP contribution is -2.51. The lowest BCUT2D eigenvalue weighted by Gasteiger charge is -2.36. The van der Waals surface area contributed by atoms with E-state index < -0.39 is 23.9 Å². The number of carbonyl (C=O) groups is 2. The van der Waals surface area contributed by atoms with E-state index in [1.807, 2.05) is 87.1 Å². The number of piperidine rings is 2. The van der Waals surface area contributed by atoms with Gasteiger partial charge >= 0.3 is 6.01 Å². The third-order valence-electron chi connectivity index (χ3n) is 18.3. The lowest BCUT2D eigenvalue weighted by atomic mass is 9.83. The van der Waals surface area contributed by atoms with Gasteiger partial charge in [-0.1, -0.05) is 68.4 Å². The fraction of sp³-hybridized carbons (Fsp3) is 0.508. The number of rotatable bonds is 17. The summed E-state index contributed by atoms with van der Waals surface area (Å²) in [6, 6.07) is 20.8. The lowest BCUT2D eigenvalue weighted by molar-refractivity contribution is -0.141. The smallest absolute Gasteiger partial charge is 0.319 e. The number of hydrogen-bond acceptors (Lipinski definition) is 15. The number of anilines is 2. The number of β-amino-alcohol motifs (C(OH)–C–C–N with tert-alkyl or cyclic N) is 1. The number of carbonyl (C=O) groups excluding carboxylic acids is 2. The van der Waals surface area contributed by atoms with Crippen molar-refractivity contribution in [1.82, 2.24) is 50.3 Å². The third-order valence-corrected chi connectivity index (χ3v) is 18.3. The maximum atomic E-state index is 17.1. The number of ether oxygens (including phenoxy) is 1. The van der Waals surface area contributed by atoms with Gasteiger partial charge in [0.1, 0.15) is 41.3 Å². The number of aliphatic hydroxyl groups is 1. The predicted octanol–water partition coefficient (Wildman–Crippen LogP) is 8.56. The van der Waals surface area contributed by atoms with E-state index in [1.165, 1.54) is 11.3 Å². The summed E-state index contributed by atoms with van der Waals surface area (Å²) in [6.07, 6.45) is 11.2. The van der Waals surface area contributed by atoms with Crippen molar-refractivity contribution in [2.45, 2.75) is 122 Å². The highest BCUT2D eigenvalue weighted by Crippen LogP contribution is 2.40. The topological polar surface area (TPSA) is 203 Å². The number of likely N-dealkylation sites (tertiary alicyclic amines) is 2. The standard InChI is InChI=1S/C63H77FN12O6/c1-6-41-8-7-9-44-29-47(77)30-49(56(41)44)58-57(64)59-50(33-65-58)60(75-34-45-14-15-46(35-75)68-45)70-63(69-59)81-27-26-73-22-17-39(18-23-73)28-40-19-24-74(25-20-40)54-32-53(82-71-54)55(37(2)3)62(80)76-36-48(78)31-52(76)61(79)67-38(4)42-10-12-43(13-11-42)51-16-21-66-72(51)5/h7-13,16,21,29-30,32-33,37-40,45-46,48,52,55,68,77-78H,6,14-15,17-20,22-28,31,34-36H2,1-5H3,(H,67,79)/t38-,45?,46?,48+,52-,55+/m0/s1. The van der Waals surface area contributed by atoms with Crippen molar-refractivity contribution in [2.75, 3.05) is 68.8 Å². The summed E-state index contributed by atoms with van der Waals surface area (Å²) in [6.45, 7) is 14.2. The average Bonchev–Trinajstić information content (AvgIpc) is 3.28. The number of phenolic OH excluding ortho intramolecular Hbond substituents is 1. The number of fused-ring (bicyclic) bond motifs is 4. The van der Waals surface area contributed by atoms with E-state index in [2.05, 4.69) is 42.5 Å². The number of amides is 2. The fourth-order valence-electron chi connectivity index (χ4n) is 13.8. The van der Waals surface area contributed by atoms with Gasteiger partial charge in [0.2, 0.25) is 11.8 Å². The molecule has 0 aliphatic carbocycles. The summed E-state index contributed by atoms with van der Waals surface area (Å²) in [5.74, 6) is 1.20. The number of piperazine rings is 1. The zero-order valence-electron chi connectivity index (χ0n) is 47.8. The van der Waals surface area contributed by atoms with Crippen molar-refractivity contribution in [1.29, 1.82) is 0 Å². The number of pyridine rings is 1. The molecule has 6 atom stereocenters. The summed E-state index contributed by atoms with van der Waals surface area (Å²) in [7, 11) is 1.90. The van der Waals surface area contributed by atoms with E-state index in [0.717, 1.165) is 123 Å². The van der Waals surface area contributed by atoms with E-state index in [1.54, 1.807) is 24.5 Å². The highest BCUT2D eigenvalue weighted by Gasteiger charge is 2.44. The highest BCUT2D eigenvalue weighted by atomic mass is 19.1. The Bertz CT molecular complexity index is 3410. The Morgan fingerprint density at radius 3 is 2.35 bits per heavy atom. The van der Waals surface area contributed by atoms with Crippen LogP contribution in [0, 0.1) is 23.6 Å². The molecular weight excluding hydrogens is 1040 g/mol. The molecule has 12 rings (SSSR count). The predicted molar refractivity (Wildman–Crippen MR) is 313 cm³/mol. The molecule has 0 radical (unpaired) electrons. The molecule has 4 N–H and O–H groups in total. The molecule has 9 heterocycles. The van der Waals surface area contributed by atoms with Crippen LogP contribution in [0.25, 0.3) is 44.2 Å². The molecule has 2 unspecified atom stereocenters. The number of aromatic nitrogens is 6. The minimum atomic E-state index is -0.817. The van der Waals surface area contributed by atoms with Crippen molar-refractivity contribution >= 4 is 45.1 Å². The van der Waals surface area contributed by atoms with Gasteiger partial charge in [-0.25, -0.2) is 4.39 Å². The maximum absolute atomic E-state index is 17.1. The quantitative estimate of drug-likeness (QED) is 0.0675. The van der Waals surface area contributed by atoms with Crippen LogP contribution in [-0.4, -0.2) is 145 Å². The third kappa shape index (κ3) is 11.3. The zero-order valence-corrected chi connectivity index (χ0v) is 47.8. The Hall–Kier alpha value is -7.22. The van der Waals surface area contributed by atoms with Crippen LogP contribution in [0.3, 0.4) is 0 Å². The average molecular weight is 1120 g/mol. The Kier molecular flexibility index (Phi) is 15.9. The molecule has 2 bridgehead atoms. The van der Waals surface area contributed by atoms with Gasteiger partial charge < -0.3 is 44.8 Å². The van der Waals surface area contributed by atoms with E-state index >= 15 is 4.39 Å². The molecule has 2 amide bonds. The van der Waals surface area contributed by atoms with Crippen LogP contribution in [0.5, 0.6) is 11.8 Å². The number of nitrogens with zero attached hydrogens (tertiary/aromatic N) is 10. The van der Waals surface area contributed by atoms with E-state index in [4.69, 9.17) is 24.2 Å². The molecule has 7 aromatic rings. The second-order valence-corrected chi connectivity index (χ2v) is 24.1. The summed E-state index contributed by atoms with van der Waals surface area (Å²) in [4.78, 5) is 51.2. The second-order valence-electron chi connectivity index (χ2n) is 24.1. The minimum absolute atomic E-state index is 0.0468. The maximum Gasteiger partial charge on any atom is 0.319 e. The molecule has 0 saturated carbocycles. The molecule has 5 saturated heterocycles. The molecule has 19 heteroatoms. The van der Waals surface area contributed by atoms with Crippen molar-refractivity contribution in [2.24, 2.45) is 24.8 Å². The summed E-state index contributed by atoms with van der Waals surface area (Å²) in [5.41, 5.74) is 4.81. The molecule has 5 aliphatic rings. The normalized spacial score (nSPS) is 21.7. The van der Waals surface area contributed by atoms with Crippen molar-refractivity contribution < 1.29 is 33.5 Å². The number of nitrogens with one attached hydrogen (secondary N) is 2. The van der Waals surface area contributed by atoms with E-state index in [0.29, 0.717) is 59.6 Å². The Morgan fingerprint density at radius 2 is 1.65 bits per heavy atom. The van der Waals surface area contributed by atoms with Crippen LogP contribution in [0.1, 0.15) is 108 Å². The van der Waals surface area contributed by atoms with Gasteiger partial charge in [-0.05, 0) is 135 Å². The minimum Gasteiger partial charge on any atom is -0.508 e. The van der Waals surface area contributed by atoms with Gasteiger partial charge in [0.25, 0.3) is 0 Å². The fourth-order valence-corrected chi connectivity index (χ4v) is 13.8. The van der Waals surface area contributed by atoms with Crippen molar-refractivity contribution in [3.63, 3.8) is 0 Å². The van der Waals surface area contributed by atoms with E-state index in [-0.39, 0.29) is 59.7 Å². The largest absolute Gasteiger partial charge is 0.508 e. The number of aromatic hydroxyl groups is 1. The molecule has 0 spiro atoms. The van der Waals surface area contributed by atoms with Gasteiger partial charge in [0.05, 0.1) is 23.2 Å². The highest BCUT2D eigenvalue weighted by molar-refractivity contribution is 6.02. The summed E-state index contributed by atoms with van der Waals surface area (Å²) in [5, 5.41) is 39.4. The van der Waals surface area contributed by atoms with Crippen LogP contribution in [0.4, 0.5) is 16.0 Å². The van der Waals surface area contributed by atoms with Gasteiger partial charge in [0.15, 0.2) is 17.4 Å².